The fourth-order valence-electron chi connectivity index (χ4n) is 1.67. The summed E-state index contributed by atoms with van der Waals surface area (Å²) in [7, 11) is 0. The predicted molar refractivity (Wildman–Crippen MR) is 78.6 cm³/mol. The second-order valence-electron chi connectivity index (χ2n) is 4.29. The molecule has 0 aliphatic carbocycles. The topological polar surface area (TPSA) is 32.3 Å². The Balaban J connectivity index is 1.99. The minimum Gasteiger partial charge on any atom is -0.392 e. The van der Waals surface area contributed by atoms with Crippen molar-refractivity contribution in [2.24, 2.45) is 0 Å². The Kier molecular flexibility index (Phi) is 4.39. The van der Waals surface area contributed by atoms with Crippen LogP contribution in [0.4, 0.5) is 5.69 Å². The molecule has 2 N–H and O–H groups in total. The molecule has 0 aromatic heterocycles. The van der Waals surface area contributed by atoms with Crippen LogP contribution in [0, 0.1) is 6.92 Å². The molecule has 0 heterocycles. The summed E-state index contributed by atoms with van der Waals surface area (Å²) >= 11 is 3.52. The maximum absolute atomic E-state index is 8.97. The second kappa shape index (κ2) is 6.03. The van der Waals surface area contributed by atoms with Gasteiger partial charge in [-0.15, -0.1) is 0 Å². The number of halogens is 1. The molecule has 2 nitrogen and oxygen atoms in total. The van der Waals surface area contributed by atoms with Crippen molar-refractivity contribution in [2.75, 3.05) is 5.32 Å². The zero-order chi connectivity index (χ0) is 13.0. The fraction of sp³-hybridized carbons (Fsp3) is 0.200. The first kappa shape index (κ1) is 13.1. The van der Waals surface area contributed by atoms with E-state index in [1.54, 1.807) is 0 Å². The highest BCUT2D eigenvalue weighted by molar-refractivity contribution is 9.10. The predicted octanol–water partition coefficient (Wildman–Crippen LogP) is 3.86. The molecule has 0 unspecified atom stereocenters. The zero-order valence-electron chi connectivity index (χ0n) is 10.3. The lowest BCUT2D eigenvalue weighted by Crippen LogP contribution is -1.99. The molecule has 0 saturated carbocycles. The van der Waals surface area contributed by atoms with Crippen LogP contribution in [0.2, 0.25) is 0 Å². The van der Waals surface area contributed by atoms with E-state index >= 15 is 0 Å². The zero-order valence-corrected chi connectivity index (χ0v) is 11.9. The third-order valence-corrected chi connectivity index (χ3v) is 3.73. The van der Waals surface area contributed by atoms with Gasteiger partial charge in [0, 0.05) is 16.7 Å². The SMILES string of the molecule is Cc1ccc(NCc2ccc(CO)cc2)cc1Br. The smallest absolute Gasteiger partial charge is 0.0681 e. The molecule has 0 amide bonds. The number of hydrogen-bond donors (Lipinski definition) is 2. The molecule has 0 radical (unpaired) electrons. The van der Waals surface area contributed by atoms with Gasteiger partial charge in [-0.3, -0.25) is 0 Å². The highest BCUT2D eigenvalue weighted by atomic mass is 79.9. The largest absolute Gasteiger partial charge is 0.392 e. The molecule has 0 fully saturated rings. The summed E-state index contributed by atoms with van der Waals surface area (Å²) in [4.78, 5) is 0. The van der Waals surface area contributed by atoms with Gasteiger partial charge in [0.25, 0.3) is 0 Å². The maximum atomic E-state index is 8.97. The van der Waals surface area contributed by atoms with Crippen molar-refractivity contribution < 1.29 is 5.11 Å². The maximum Gasteiger partial charge on any atom is 0.0681 e. The third kappa shape index (κ3) is 3.34. The van der Waals surface area contributed by atoms with E-state index in [2.05, 4.69) is 46.4 Å². The van der Waals surface area contributed by atoms with Gasteiger partial charge in [-0.05, 0) is 35.7 Å². The molecule has 18 heavy (non-hydrogen) atoms. The highest BCUT2D eigenvalue weighted by Crippen LogP contribution is 2.21. The van der Waals surface area contributed by atoms with E-state index in [1.807, 2.05) is 24.3 Å². The van der Waals surface area contributed by atoms with E-state index in [0.29, 0.717) is 0 Å². The number of aliphatic hydroxyl groups is 1. The summed E-state index contributed by atoms with van der Waals surface area (Å²) in [5.41, 5.74) is 4.47. The molecule has 0 saturated heterocycles. The molecule has 0 aliphatic rings. The number of nitrogens with one attached hydrogen (secondary N) is 1. The molecule has 0 bridgehead atoms. The summed E-state index contributed by atoms with van der Waals surface area (Å²) < 4.78 is 1.11. The Morgan fingerprint density at radius 1 is 1.06 bits per heavy atom. The van der Waals surface area contributed by atoms with Crippen LogP contribution in [0.3, 0.4) is 0 Å². The molecular formula is C15H16BrNO. The second-order valence-corrected chi connectivity index (χ2v) is 5.15. The number of anilines is 1. The van der Waals surface area contributed by atoms with Gasteiger partial charge in [0.15, 0.2) is 0 Å². The lowest BCUT2D eigenvalue weighted by Gasteiger charge is -2.08. The Morgan fingerprint density at radius 2 is 1.72 bits per heavy atom. The highest BCUT2D eigenvalue weighted by Gasteiger charge is 1.98. The van der Waals surface area contributed by atoms with Gasteiger partial charge in [-0.25, -0.2) is 0 Å². The average molecular weight is 306 g/mol. The first-order valence-corrected chi connectivity index (χ1v) is 6.67. The van der Waals surface area contributed by atoms with Crippen molar-refractivity contribution in [3.63, 3.8) is 0 Å². The van der Waals surface area contributed by atoms with Gasteiger partial charge in [-0.2, -0.15) is 0 Å². The van der Waals surface area contributed by atoms with Crippen molar-refractivity contribution in [2.45, 2.75) is 20.1 Å². The first-order chi connectivity index (χ1) is 8.69. The Hall–Kier alpha value is -1.32. The Labute approximate surface area is 116 Å². The molecular weight excluding hydrogens is 290 g/mol. The quantitative estimate of drug-likeness (QED) is 0.899. The van der Waals surface area contributed by atoms with Crippen molar-refractivity contribution in [3.8, 4) is 0 Å². The minimum absolute atomic E-state index is 0.0959. The van der Waals surface area contributed by atoms with Crippen LogP contribution in [0.1, 0.15) is 16.7 Å². The molecule has 2 aromatic rings. The number of rotatable bonds is 4. The van der Waals surface area contributed by atoms with E-state index in [-0.39, 0.29) is 6.61 Å². The van der Waals surface area contributed by atoms with E-state index in [9.17, 15) is 0 Å². The number of aliphatic hydroxyl groups excluding tert-OH is 1. The van der Waals surface area contributed by atoms with Crippen molar-refractivity contribution in [1.29, 1.82) is 0 Å². The fourth-order valence-corrected chi connectivity index (χ4v) is 2.05. The van der Waals surface area contributed by atoms with Crippen LogP contribution < -0.4 is 5.32 Å². The van der Waals surface area contributed by atoms with Crippen LogP contribution in [0.15, 0.2) is 46.9 Å². The summed E-state index contributed by atoms with van der Waals surface area (Å²) in [5, 5.41) is 12.3. The average Bonchev–Trinajstić information content (AvgIpc) is 2.41. The van der Waals surface area contributed by atoms with Crippen molar-refractivity contribution in [3.05, 3.63) is 63.6 Å². The number of hydrogen-bond acceptors (Lipinski definition) is 2. The van der Waals surface area contributed by atoms with Crippen molar-refractivity contribution in [1.82, 2.24) is 0 Å². The standard InChI is InChI=1S/C15H16BrNO/c1-11-2-7-14(8-15(11)16)17-9-12-3-5-13(10-18)6-4-12/h2-8,17-18H,9-10H2,1H3. The van der Waals surface area contributed by atoms with Crippen LogP contribution >= 0.6 is 15.9 Å². The van der Waals surface area contributed by atoms with Crippen molar-refractivity contribution >= 4 is 21.6 Å². The number of benzene rings is 2. The first-order valence-electron chi connectivity index (χ1n) is 5.88. The minimum atomic E-state index is 0.0959. The molecule has 0 atom stereocenters. The Morgan fingerprint density at radius 3 is 2.33 bits per heavy atom. The summed E-state index contributed by atoms with van der Waals surface area (Å²) in [6, 6.07) is 14.2. The molecule has 0 spiro atoms. The Bertz CT molecular complexity index is 523. The van der Waals surface area contributed by atoms with Crippen LogP contribution in [0.5, 0.6) is 0 Å². The van der Waals surface area contributed by atoms with Gasteiger partial charge in [0.1, 0.15) is 0 Å². The molecule has 2 aromatic carbocycles. The molecule has 0 aliphatic heterocycles. The lowest BCUT2D eigenvalue weighted by molar-refractivity contribution is 0.282. The van der Waals surface area contributed by atoms with Gasteiger partial charge in [0.05, 0.1) is 6.61 Å². The lowest BCUT2D eigenvalue weighted by atomic mass is 10.1. The summed E-state index contributed by atoms with van der Waals surface area (Å²) in [6.07, 6.45) is 0. The summed E-state index contributed by atoms with van der Waals surface area (Å²) in [6.45, 7) is 2.95. The molecule has 2 rings (SSSR count). The van der Waals surface area contributed by atoms with E-state index < -0.39 is 0 Å². The van der Waals surface area contributed by atoms with Gasteiger partial charge in [0.2, 0.25) is 0 Å². The number of aryl methyl sites for hydroxylation is 1. The molecule has 94 valence electrons. The third-order valence-electron chi connectivity index (χ3n) is 2.87. The van der Waals surface area contributed by atoms with Gasteiger partial charge >= 0.3 is 0 Å². The summed E-state index contributed by atoms with van der Waals surface area (Å²) in [5.74, 6) is 0. The monoisotopic (exact) mass is 305 g/mol. The van der Waals surface area contributed by atoms with E-state index in [0.717, 1.165) is 22.3 Å². The van der Waals surface area contributed by atoms with Crippen LogP contribution in [-0.2, 0) is 13.2 Å². The normalized spacial score (nSPS) is 10.4. The van der Waals surface area contributed by atoms with Gasteiger partial charge < -0.3 is 10.4 Å². The van der Waals surface area contributed by atoms with E-state index in [4.69, 9.17) is 5.11 Å². The van der Waals surface area contributed by atoms with E-state index in [1.165, 1.54) is 11.1 Å². The van der Waals surface area contributed by atoms with Crippen LogP contribution in [0.25, 0.3) is 0 Å². The van der Waals surface area contributed by atoms with Crippen LogP contribution in [-0.4, -0.2) is 5.11 Å². The molecule has 3 heteroatoms. The van der Waals surface area contributed by atoms with Gasteiger partial charge in [-0.1, -0.05) is 46.3 Å².